The third-order valence-corrected chi connectivity index (χ3v) is 4.11. The summed E-state index contributed by atoms with van der Waals surface area (Å²) in [5.74, 6) is 0.0242. The lowest BCUT2D eigenvalue weighted by Crippen LogP contribution is -2.40. The van der Waals surface area contributed by atoms with Crippen LogP contribution in [-0.4, -0.2) is 18.9 Å². The monoisotopic (exact) mass is 360 g/mol. The third-order valence-electron chi connectivity index (χ3n) is 4.11. The van der Waals surface area contributed by atoms with Gasteiger partial charge in [-0.3, -0.25) is 20.4 Å². The summed E-state index contributed by atoms with van der Waals surface area (Å²) in [4.78, 5) is 23.9. The van der Waals surface area contributed by atoms with Crippen LogP contribution in [0.4, 0.5) is 0 Å². The minimum absolute atomic E-state index is 0.364. The molecule has 0 spiro atoms. The standard InChI is InChI=1S/C22H20N2O3/c1-15-3-7-17(8-4-15)22(26)24-23-21(25)12-6-16-5-9-19-14-20(27-2)11-10-18(19)13-16/h3-14H,1-2H3,(H,23,25)(H,24,26)/b12-6+. The molecule has 0 aromatic heterocycles. The van der Waals surface area contributed by atoms with Gasteiger partial charge in [0.2, 0.25) is 0 Å². The summed E-state index contributed by atoms with van der Waals surface area (Å²) >= 11 is 0. The van der Waals surface area contributed by atoms with Gasteiger partial charge in [0.25, 0.3) is 11.8 Å². The number of hydrogen-bond donors (Lipinski definition) is 2. The summed E-state index contributed by atoms with van der Waals surface area (Å²) in [6.07, 6.45) is 3.07. The number of ether oxygens (including phenoxy) is 1. The molecule has 0 bridgehead atoms. The molecule has 136 valence electrons. The Balaban J connectivity index is 1.60. The van der Waals surface area contributed by atoms with Crippen molar-refractivity contribution in [1.29, 1.82) is 0 Å². The lowest BCUT2D eigenvalue weighted by atomic mass is 10.1. The van der Waals surface area contributed by atoms with E-state index >= 15 is 0 Å². The van der Waals surface area contributed by atoms with E-state index < -0.39 is 5.91 Å². The SMILES string of the molecule is COc1ccc2cc(/C=C/C(=O)NNC(=O)c3ccc(C)cc3)ccc2c1. The van der Waals surface area contributed by atoms with Crippen LogP contribution < -0.4 is 15.6 Å². The molecule has 0 radical (unpaired) electrons. The van der Waals surface area contributed by atoms with Crippen molar-refractivity contribution in [3.63, 3.8) is 0 Å². The second-order valence-electron chi connectivity index (χ2n) is 6.12. The van der Waals surface area contributed by atoms with Crippen molar-refractivity contribution in [2.75, 3.05) is 7.11 Å². The van der Waals surface area contributed by atoms with E-state index in [2.05, 4.69) is 10.9 Å². The number of carbonyl (C=O) groups excluding carboxylic acids is 2. The predicted octanol–water partition coefficient (Wildman–Crippen LogP) is 3.63. The van der Waals surface area contributed by atoms with Gasteiger partial charge in [-0.1, -0.05) is 35.9 Å². The Hall–Kier alpha value is -3.60. The van der Waals surface area contributed by atoms with Crippen molar-refractivity contribution in [3.05, 3.63) is 83.4 Å². The quantitative estimate of drug-likeness (QED) is 0.551. The number of amides is 2. The molecule has 2 N–H and O–H groups in total. The largest absolute Gasteiger partial charge is 0.497 e. The lowest BCUT2D eigenvalue weighted by Gasteiger charge is -2.06. The number of fused-ring (bicyclic) bond motifs is 1. The molecule has 0 atom stereocenters. The smallest absolute Gasteiger partial charge is 0.269 e. The third kappa shape index (κ3) is 4.73. The second-order valence-corrected chi connectivity index (χ2v) is 6.12. The molecule has 3 aromatic rings. The second kappa shape index (κ2) is 8.19. The molecule has 0 heterocycles. The van der Waals surface area contributed by atoms with Gasteiger partial charge in [0.15, 0.2) is 0 Å². The van der Waals surface area contributed by atoms with Gasteiger partial charge in [-0.05, 0) is 59.7 Å². The Morgan fingerprint density at radius 3 is 2.33 bits per heavy atom. The summed E-state index contributed by atoms with van der Waals surface area (Å²) in [6, 6.07) is 18.8. The van der Waals surface area contributed by atoms with E-state index in [-0.39, 0.29) is 5.91 Å². The van der Waals surface area contributed by atoms with Gasteiger partial charge in [0.1, 0.15) is 5.75 Å². The van der Waals surface area contributed by atoms with Crippen LogP contribution in [-0.2, 0) is 4.79 Å². The van der Waals surface area contributed by atoms with Gasteiger partial charge < -0.3 is 4.74 Å². The Morgan fingerprint density at radius 1 is 0.889 bits per heavy atom. The zero-order chi connectivity index (χ0) is 19.2. The van der Waals surface area contributed by atoms with Crippen molar-refractivity contribution in [3.8, 4) is 5.75 Å². The molecule has 0 aliphatic heterocycles. The van der Waals surface area contributed by atoms with Crippen LogP contribution in [0.2, 0.25) is 0 Å². The first kappa shape index (κ1) is 18.2. The maximum Gasteiger partial charge on any atom is 0.269 e. The number of benzene rings is 3. The highest BCUT2D eigenvalue weighted by Crippen LogP contribution is 2.22. The average Bonchev–Trinajstić information content (AvgIpc) is 2.70. The van der Waals surface area contributed by atoms with Gasteiger partial charge >= 0.3 is 0 Å². The van der Waals surface area contributed by atoms with E-state index in [1.807, 2.05) is 55.5 Å². The normalized spacial score (nSPS) is 10.7. The molecule has 5 heteroatoms. The van der Waals surface area contributed by atoms with Crippen molar-refractivity contribution >= 4 is 28.7 Å². The minimum Gasteiger partial charge on any atom is -0.497 e. The van der Waals surface area contributed by atoms with Gasteiger partial charge in [0, 0.05) is 11.6 Å². The summed E-state index contributed by atoms with van der Waals surface area (Å²) in [5.41, 5.74) is 7.20. The van der Waals surface area contributed by atoms with Crippen molar-refractivity contribution in [1.82, 2.24) is 10.9 Å². The highest BCUT2D eigenvalue weighted by molar-refractivity contribution is 5.98. The fourth-order valence-corrected chi connectivity index (χ4v) is 2.58. The summed E-state index contributed by atoms with van der Waals surface area (Å²) < 4.78 is 5.21. The van der Waals surface area contributed by atoms with Crippen LogP contribution in [0.5, 0.6) is 5.75 Å². The van der Waals surface area contributed by atoms with Gasteiger partial charge in [-0.2, -0.15) is 0 Å². The Bertz CT molecular complexity index is 1010. The molecule has 0 fully saturated rings. The van der Waals surface area contributed by atoms with E-state index in [1.54, 1.807) is 25.3 Å². The Morgan fingerprint density at radius 2 is 1.59 bits per heavy atom. The van der Waals surface area contributed by atoms with Crippen LogP contribution >= 0.6 is 0 Å². The molecule has 0 aliphatic carbocycles. The Kier molecular flexibility index (Phi) is 5.52. The molecule has 5 nitrogen and oxygen atoms in total. The Labute approximate surface area is 157 Å². The lowest BCUT2D eigenvalue weighted by molar-refractivity contribution is -0.117. The minimum atomic E-state index is -0.412. The number of nitrogens with one attached hydrogen (secondary N) is 2. The molecule has 0 aliphatic rings. The number of hydrogen-bond acceptors (Lipinski definition) is 3. The van der Waals surface area contributed by atoms with Crippen LogP contribution in [0.25, 0.3) is 16.8 Å². The maximum absolute atomic E-state index is 12.0. The van der Waals surface area contributed by atoms with Crippen molar-refractivity contribution in [2.45, 2.75) is 6.92 Å². The van der Waals surface area contributed by atoms with Crippen molar-refractivity contribution in [2.24, 2.45) is 0 Å². The molecule has 0 saturated carbocycles. The molecule has 0 saturated heterocycles. The summed E-state index contributed by atoms with van der Waals surface area (Å²) in [5, 5.41) is 2.10. The summed E-state index contributed by atoms with van der Waals surface area (Å²) in [6.45, 7) is 1.94. The highest BCUT2D eigenvalue weighted by Gasteiger charge is 2.05. The van der Waals surface area contributed by atoms with Crippen LogP contribution in [0, 0.1) is 6.92 Å². The first-order chi connectivity index (χ1) is 13.0. The van der Waals surface area contributed by atoms with E-state index in [1.165, 1.54) is 6.08 Å². The topological polar surface area (TPSA) is 67.4 Å². The first-order valence-corrected chi connectivity index (χ1v) is 8.48. The molecule has 0 unspecified atom stereocenters. The van der Waals surface area contributed by atoms with Gasteiger partial charge in [-0.25, -0.2) is 0 Å². The molecular formula is C22H20N2O3. The van der Waals surface area contributed by atoms with E-state index in [0.717, 1.165) is 27.6 Å². The molecule has 3 rings (SSSR count). The first-order valence-electron chi connectivity index (χ1n) is 8.48. The number of aryl methyl sites for hydroxylation is 1. The van der Waals surface area contributed by atoms with Crippen LogP contribution in [0.15, 0.2) is 66.7 Å². The van der Waals surface area contributed by atoms with Crippen LogP contribution in [0.1, 0.15) is 21.5 Å². The highest BCUT2D eigenvalue weighted by atomic mass is 16.5. The number of rotatable bonds is 4. The van der Waals surface area contributed by atoms with Crippen LogP contribution in [0.3, 0.4) is 0 Å². The zero-order valence-electron chi connectivity index (χ0n) is 15.2. The fraction of sp³-hybridized carbons (Fsp3) is 0.0909. The molecule has 27 heavy (non-hydrogen) atoms. The van der Waals surface area contributed by atoms with E-state index in [0.29, 0.717) is 5.56 Å². The maximum atomic E-state index is 12.0. The number of carbonyl (C=O) groups is 2. The zero-order valence-corrected chi connectivity index (χ0v) is 15.2. The summed E-state index contributed by atoms with van der Waals surface area (Å²) in [7, 11) is 1.63. The predicted molar refractivity (Wildman–Crippen MR) is 106 cm³/mol. The molecule has 2 amide bonds. The van der Waals surface area contributed by atoms with Crippen molar-refractivity contribution < 1.29 is 14.3 Å². The van der Waals surface area contributed by atoms with Gasteiger partial charge in [-0.15, -0.1) is 0 Å². The van der Waals surface area contributed by atoms with E-state index in [9.17, 15) is 9.59 Å². The number of methoxy groups -OCH3 is 1. The van der Waals surface area contributed by atoms with Gasteiger partial charge in [0.05, 0.1) is 7.11 Å². The fourth-order valence-electron chi connectivity index (χ4n) is 2.58. The molecular weight excluding hydrogens is 340 g/mol. The average molecular weight is 360 g/mol. The number of hydrazine groups is 1. The van der Waals surface area contributed by atoms with E-state index in [4.69, 9.17) is 4.74 Å². The molecule has 3 aromatic carbocycles.